The number of carboxylic acids is 2. The molecule has 0 bridgehead atoms. The lowest BCUT2D eigenvalue weighted by molar-refractivity contribution is -0.143. The van der Waals surface area contributed by atoms with Crippen molar-refractivity contribution >= 4 is 11.9 Å². The number of rotatable bonds is 8. The Morgan fingerprint density at radius 3 is 2.36 bits per heavy atom. The van der Waals surface area contributed by atoms with Gasteiger partial charge in [0.2, 0.25) is 0 Å². The normalized spacial score (nSPS) is 10.4. The second-order valence-corrected chi connectivity index (χ2v) is 2.71. The monoisotopic (exact) mass is 205 g/mol. The molecule has 0 aromatic carbocycles. The molecular weight excluding hydrogens is 190 g/mol. The number of hydrogen-bond acceptors (Lipinski definition) is 4. The third kappa shape index (κ3) is 7.51. The maximum atomic E-state index is 10.3. The second kappa shape index (κ2) is 7.28. The lowest BCUT2D eigenvalue weighted by Gasteiger charge is -2.17. The number of aliphatic carboxylic acids is 2. The van der Waals surface area contributed by atoms with E-state index in [-0.39, 0.29) is 19.8 Å². The molecule has 6 nitrogen and oxygen atoms in total. The van der Waals surface area contributed by atoms with Crippen LogP contribution in [-0.4, -0.2) is 59.9 Å². The molecule has 2 N–H and O–H groups in total. The molecule has 0 aliphatic carbocycles. The molecule has 82 valence electrons. The Kier molecular flexibility index (Phi) is 6.69. The van der Waals surface area contributed by atoms with Crippen molar-refractivity contribution < 1.29 is 24.5 Å². The van der Waals surface area contributed by atoms with Gasteiger partial charge in [0.25, 0.3) is 0 Å². The average molecular weight is 205 g/mol. The first-order valence-corrected chi connectivity index (χ1v) is 4.30. The minimum absolute atomic E-state index is 0.0487. The predicted octanol–water partition coefficient (Wildman–Crippen LogP) is -0.506. The number of carboxylic acid groups (broad SMARTS) is 2. The summed E-state index contributed by atoms with van der Waals surface area (Å²) >= 11 is 0. The molecule has 0 radical (unpaired) electrons. The zero-order valence-corrected chi connectivity index (χ0v) is 8.10. The standard InChI is InChI=1S/C8H15NO5/c1-2-9(5-7(10)11)3-4-14-6-8(12)13/h2-6H2,1H3,(H,10,11)(H,12,13). The van der Waals surface area contributed by atoms with Gasteiger partial charge in [-0.15, -0.1) is 0 Å². The summed E-state index contributed by atoms with van der Waals surface area (Å²) in [5.74, 6) is -1.92. The zero-order valence-electron chi connectivity index (χ0n) is 8.10. The number of ether oxygens (including phenoxy) is 1. The first-order chi connectivity index (χ1) is 6.56. The first kappa shape index (κ1) is 12.9. The van der Waals surface area contributed by atoms with Gasteiger partial charge in [0.05, 0.1) is 13.2 Å². The van der Waals surface area contributed by atoms with Crippen LogP contribution in [0.4, 0.5) is 0 Å². The summed E-state index contributed by atoms with van der Waals surface area (Å²) in [5, 5.41) is 16.7. The van der Waals surface area contributed by atoms with Crippen molar-refractivity contribution in [1.29, 1.82) is 0 Å². The highest BCUT2D eigenvalue weighted by Gasteiger charge is 2.07. The smallest absolute Gasteiger partial charge is 0.329 e. The third-order valence-corrected chi connectivity index (χ3v) is 1.58. The van der Waals surface area contributed by atoms with Crippen LogP contribution in [0.1, 0.15) is 6.92 Å². The summed E-state index contributed by atoms with van der Waals surface area (Å²) < 4.78 is 4.77. The molecule has 0 heterocycles. The van der Waals surface area contributed by atoms with Crippen molar-refractivity contribution in [3.05, 3.63) is 0 Å². The second-order valence-electron chi connectivity index (χ2n) is 2.71. The fraction of sp³-hybridized carbons (Fsp3) is 0.750. The van der Waals surface area contributed by atoms with E-state index in [0.29, 0.717) is 13.1 Å². The van der Waals surface area contributed by atoms with Crippen LogP contribution in [0.5, 0.6) is 0 Å². The zero-order chi connectivity index (χ0) is 11.0. The molecule has 0 spiro atoms. The van der Waals surface area contributed by atoms with Crippen LogP contribution >= 0.6 is 0 Å². The van der Waals surface area contributed by atoms with Crippen molar-refractivity contribution in [2.24, 2.45) is 0 Å². The van der Waals surface area contributed by atoms with Crippen molar-refractivity contribution in [1.82, 2.24) is 4.90 Å². The van der Waals surface area contributed by atoms with Gasteiger partial charge in [-0.1, -0.05) is 6.92 Å². The average Bonchev–Trinajstić information content (AvgIpc) is 2.09. The van der Waals surface area contributed by atoms with Crippen LogP contribution in [-0.2, 0) is 14.3 Å². The highest BCUT2D eigenvalue weighted by Crippen LogP contribution is 1.88. The van der Waals surface area contributed by atoms with Crippen LogP contribution < -0.4 is 0 Å². The van der Waals surface area contributed by atoms with Crippen molar-refractivity contribution in [3.63, 3.8) is 0 Å². The van der Waals surface area contributed by atoms with Crippen LogP contribution in [0.25, 0.3) is 0 Å². The van der Waals surface area contributed by atoms with E-state index in [1.807, 2.05) is 6.92 Å². The molecule has 0 aliphatic rings. The van der Waals surface area contributed by atoms with Crippen LogP contribution in [0.2, 0.25) is 0 Å². The SMILES string of the molecule is CCN(CCOCC(=O)O)CC(=O)O. The molecule has 6 heteroatoms. The van der Waals surface area contributed by atoms with Gasteiger partial charge in [-0.25, -0.2) is 4.79 Å². The largest absolute Gasteiger partial charge is 0.480 e. The van der Waals surface area contributed by atoms with Gasteiger partial charge in [0.15, 0.2) is 0 Å². The molecule has 0 aromatic heterocycles. The molecular formula is C8H15NO5. The molecule has 0 saturated carbocycles. The quantitative estimate of drug-likeness (QED) is 0.519. The number of hydrogen-bond donors (Lipinski definition) is 2. The number of likely N-dealkylation sites (N-methyl/N-ethyl adjacent to an activating group) is 1. The van der Waals surface area contributed by atoms with E-state index in [9.17, 15) is 9.59 Å². The van der Waals surface area contributed by atoms with Gasteiger partial charge in [-0.3, -0.25) is 9.69 Å². The molecule has 0 aliphatic heterocycles. The predicted molar refractivity (Wildman–Crippen MR) is 48.2 cm³/mol. The molecule has 0 saturated heterocycles. The van der Waals surface area contributed by atoms with Gasteiger partial charge in [-0.2, -0.15) is 0 Å². The molecule has 0 atom stereocenters. The van der Waals surface area contributed by atoms with E-state index >= 15 is 0 Å². The number of carbonyl (C=O) groups is 2. The van der Waals surface area contributed by atoms with Crippen LogP contribution in [0.15, 0.2) is 0 Å². The lowest BCUT2D eigenvalue weighted by Crippen LogP contribution is -2.32. The Morgan fingerprint density at radius 2 is 1.93 bits per heavy atom. The van der Waals surface area contributed by atoms with Crippen molar-refractivity contribution in [2.45, 2.75) is 6.92 Å². The highest BCUT2D eigenvalue weighted by atomic mass is 16.5. The van der Waals surface area contributed by atoms with Gasteiger partial charge in [0.1, 0.15) is 6.61 Å². The van der Waals surface area contributed by atoms with Crippen LogP contribution in [0, 0.1) is 0 Å². The third-order valence-electron chi connectivity index (χ3n) is 1.58. The molecule has 0 amide bonds. The van der Waals surface area contributed by atoms with E-state index in [2.05, 4.69) is 0 Å². The topological polar surface area (TPSA) is 87.1 Å². The van der Waals surface area contributed by atoms with Crippen LogP contribution in [0.3, 0.4) is 0 Å². The lowest BCUT2D eigenvalue weighted by atomic mass is 10.4. The van der Waals surface area contributed by atoms with E-state index in [1.165, 1.54) is 0 Å². The Hall–Kier alpha value is -1.14. The van der Waals surface area contributed by atoms with Gasteiger partial charge >= 0.3 is 11.9 Å². The highest BCUT2D eigenvalue weighted by molar-refractivity contribution is 5.69. The Balaban J connectivity index is 3.52. The van der Waals surface area contributed by atoms with Gasteiger partial charge in [0, 0.05) is 6.54 Å². The summed E-state index contributed by atoms with van der Waals surface area (Å²) in [7, 11) is 0. The fourth-order valence-electron chi connectivity index (χ4n) is 0.893. The van der Waals surface area contributed by atoms with Crippen molar-refractivity contribution in [3.8, 4) is 0 Å². The summed E-state index contributed by atoms with van der Waals surface area (Å²) in [6, 6.07) is 0. The summed E-state index contributed by atoms with van der Waals surface area (Å²) in [5.41, 5.74) is 0. The first-order valence-electron chi connectivity index (χ1n) is 4.30. The maximum Gasteiger partial charge on any atom is 0.329 e. The molecule has 0 unspecified atom stereocenters. The number of nitrogens with zero attached hydrogens (tertiary/aromatic N) is 1. The minimum Gasteiger partial charge on any atom is -0.480 e. The molecule has 0 aromatic rings. The van der Waals surface area contributed by atoms with Crippen molar-refractivity contribution in [2.75, 3.05) is 32.8 Å². The van der Waals surface area contributed by atoms with Gasteiger partial charge < -0.3 is 14.9 Å². The van der Waals surface area contributed by atoms with E-state index in [1.54, 1.807) is 4.90 Å². The molecule has 0 rings (SSSR count). The Labute approximate surface area is 82.1 Å². The molecule has 14 heavy (non-hydrogen) atoms. The Bertz CT molecular complexity index is 194. The van der Waals surface area contributed by atoms with E-state index < -0.39 is 11.9 Å². The Morgan fingerprint density at radius 1 is 1.29 bits per heavy atom. The summed E-state index contributed by atoms with van der Waals surface area (Å²) in [6.07, 6.45) is 0. The summed E-state index contributed by atoms with van der Waals surface area (Å²) in [6.45, 7) is 2.70. The fourth-order valence-corrected chi connectivity index (χ4v) is 0.893. The maximum absolute atomic E-state index is 10.3. The van der Waals surface area contributed by atoms with E-state index in [0.717, 1.165) is 0 Å². The minimum atomic E-state index is -1.02. The molecule has 0 fully saturated rings. The van der Waals surface area contributed by atoms with Gasteiger partial charge in [-0.05, 0) is 6.54 Å². The van der Waals surface area contributed by atoms with E-state index in [4.69, 9.17) is 14.9 Å². The summed E-state index contributed by atoms with van der Waals surface area (Å²) in [4.78, 5) is 22.0.